The molecule has 0 atom stereocenters. The van der Waals surface area contributed by atoms with Gasteiger partial charge in [-0.25, -0.2) is 0 Å². The van der Waals surface area contributed by atoms with Crippen LogP contribution < -0.4 is 9.47 Å². The van der Waals surface area contributed by atoms with E-state index in [9.17, 15) is 4.79 Å². The van der Waals surface area contributed by atoms with Gasteiger partial charge < -0.3 is 14.2 Å². The van der Waals surface area contributed by atoms with Crippen molar-refractivity contribution in [1.82, 2.24) is 0 Å². The lowest BCUT2D eigenvalue weighted by Gasteiger charge is -2.08. The van der Waals surface area contributed by atoms with E-state index in [2.05, 4.69) is 11.7 Å². The number of benzene rings is 1. The molecule has 0 spiro atoms. The van der Waals surface area contributed by atoms with Crippen LogP contribution in [0.1, 0.15) is 25.3 Å². The number of rotatable bonds is 6. The van der Waals surface area contributed by atoms with Crippen LogP contribution >= 0.6 is 0 Å². The highest BCUT2D eigenvalue weighted by Gasteiger charge is 2.28. The highest BCUT2D eigenvalue weighted by molar-refractivity contribution is 5.71. The van der Waals surface area contributed by atoms with Gasteiger partial charge in [0.05, 0.1) is 13.7 Å². The normalized spacial score (nSPS) is 11.4. The zero-order chi connectivity index (χ0) is 12.3. The van der Waals surface area contributed by atoms with Crippen molar-refractivity contribution in [1.29, 1.82) is 0 Å². The summed E-state index contributed by atoms with van der Waals surface area (Å²) in [6.07, 6.45) is 1.92. The van der Waals surface area contributed by atoms with Gasteiger partial charge in [0, 0.05) is 6.42 Å². The number of carbonyl (C=O) groups excluding carboxylic acids is 1. The van der Waals surface area contributed by atoms with E-state index in [1.54, 1.807) is 0 Å². The Kier molecular flexibility index (Phi) is 3.52. The molecule has 0 aromatic heterocycles. The Morgan fingerprint density at radius 1 is 1.41 bits per heavy atom. The molecule has 4 nitrogen and oxygen atoms in total. The summed E-state index contributed by atoms with van der Waals surface area (Å²) in [7, 11) is 1.40. The second-order valence-electron chi connectivity index (χ2n) is 3.91. The lowest BCUT2D eigenvalue weighted by molar-refractivity contribution is -0.140. The zero-order valence-corrected chi connectivity index (χ0v) is 10.1. The fourth-order valence-corrected chi connectivity index (χ4v) is 1.65. The molecule has 0 unspecified atom stereocenters. The average Bonchev–Trinajstić information content (AvgIpc) is 3.12. The summed E-state index contributed by atoms with van der Waals surface area (Å²) in [5.74, 6) is 2.27. The highest BCUT2D eigenvalue weighted by atomic mass is 16.6. The predicted octanol–water partition coefficient (Wildman–Crippen LogP) is 2.69. The molecule has 17 heavy (non-hydrogen) atoms. The standard InChI is InChI=1S/C13H16O4/c1-3-8-16-12-9(5-7-11(14)15-2)4-6-10-13(12)17-10/h4,6H,3,5,7-8H2,1-2H3. The Morgan fingerprint density at radius 3 is 2.94 bits per heavy atom. The first kappa shape index (κ1) is 11.8. The van der Waals surface area contributed by atoms with Gasteiger partial charge >= 0.3 is 5.97 Å². The summed E-state index contributed by atoms with van der Waals surface area (Å²) >= 11 is 0. The average molecular weight is 236 g/mol. The molecule has 4 heteroatoms. The number of esters is 1. The number of methoxy groups -OCH3 is 1. The van der Waals surface area contributed by atoms with Gasteiger partial charge in [0.1, 0.15) is 0 Å². The molecule has 0 amide bonds. The van der Waals surface area contributed by atoms with Gasteiger partial charge in [-0.2, -0.15) is 0 Å². The van der Waals surface area contributed by atoms with E-state index in [1.807, 2.05) is 12.1 Å². The quantitative estimate of drug-likeness (QED) is 0.571. The topological polar surface area (TPSA) is 48.1 Å². The van der Waals surface area contributed by atoms with Crippen molar-refractivity contribution in [3.05, 3.63) is 17.7 Å². The third kappa shape index (κ3) is 2.70. The predicted molar refractivity (Wildman–Crippen MR) is 62.6 cm³/mol. The zero-order valence-electron chi connectivity index (χ0n) is 10.1. The summed E-state index contributed by atoms with van der Waals surface area (Å²) in [6.45, 7) is 2.71. The second kappa shape index (κ2) is 5.08. The minimum atomic E-state index is -0.211. The Balaban J connectivity index is 2.05. The van der Waals surface area contributed by atoms with Gasteiger partial charge in [-0.1, -0.05) is 13.0 Å². The van der Waals surface area contributed by atoms with Gasteiger partial charge in [-0.15, -0.1) is 0 Å². The maximum absolute atomic E-state index is 11.1. The number of carbonyl (C=O) groups is 1. The van der Waals surface area contributed by atoms with Gasteiger partial charge in [0.15, 0.2) is 11.5 Å². The third-order valence-electron chi connectivity index (χ3n) is 2.60. The molecule has 92 valence electrons. The molecule has 1 aromatic rings. The largest absolute Gasteiger partial charge is 0.489 e. The van der Waals surface area contributed by atoms with Crippen molar-refractivity contribution in [2.24, 2.45) is 0 Å². The van der Waals surface area contributed by atoms with Crippen LogP contribution in [0.25, 0.3) is 0 Å². The fourth-order valence-electron chi connectivity index (χ4n) is 1.65. The maximum atomic E-state index is 11.1. The van der Waals surface area contributed by atoms with E-state index in [0.717, 1.165) is 29.2 Å². The number of aryl methyl sites for hydroxylation is 1. The summed E-state index contributed by atoms with van der Waals surface area (Å²) in [5, 5.41) is 0. The van der Waals surface area contributed by atoms with Crippen LogP contribution in [0.4, 0.5) is 0 Å². The van der Waals surface area contributed by atoms with E-state index in [-0.39, 0.29) is 5.97 Å². The first-order valence-electron chi connectivity index (χ1n) is 5.79. The van der Waals surface area contributed by atoms with Crippen LogP contribution in [0.5, 0.6) is 17.2 Å². The molecule has 0 saturated carbocycles. The van der Waals surface area contributed by atoms with Crippen LogP contribution in [0, 0.1) is 0 Å². The van der Waals surface area contributed by atoms with Gasteiger partial charge in [-0.3, -0.25) is 4.79 Å². The SMILES string of the molecule is CCCOc1c(CCC(=O)OC)ccc2c1O2. The van der Waals surface area contributed by atoms with Crippen molar-refractivity contribution in [2.45, 2.75) is 26.2 Å². The van der Waals surface area contributed by atoms with Gasteiger partial charge in [0.2, 0.25) is 5.75 Å². The monoisotopic (exact) mass is 236 g/mol. The summed E-state index contributed by atoms with van der Waals surface area (Å²) in [4.78, 5) is 11.1. The molecule has 2 rings (SSSR count). The molecule has 1 heterocycles. The molecule has 0 fully saturated rings. The Bertz CT molecular complexity index is 426. The first-order chi connectivity index (χ1) is 8.26. The van der Waals surface area contributed by atoms with Crippen molar-refractivity contribution >= 4 is 5.97 Å². The molecule has 1 aliphatic rings. The van der Waals surface area contributed by atoms with E-state index in [1.165, 1.54) is 7.11 Å². The van der Waals surface area contributed by atoms with E-state index in [4.69, 9.17) is 9.47 Å². The van der Waals surface area contributed by atoms with E-state index >= 15 is 0 Å². The first-order valence-corrected chi connectivity index (χ1v) is 5.79. The molecule has 0 N–H and O–H groups in total. The second-order valence-corrected chi connectivity index (χ2v) is 3.91. The number of hydrogen-bond donors (Lipinski definition) is 0. The van der Waals surface area contributed by atoms with Crippen molar-refractivity contribution in [2.75, 3.05) is 13.7 Å². The molecule has 0 radical (unpaired) electrons. The van der Waals surface area contributed by atoms with Crippen LogP contribution in [-0.4, -0.2) is 19.7 Å². The molecule has 1 aliphatic heterocycles. The Labute approximate surface area is 100 Å². The number of ether oxygens (including phenoxy) is 3. The number of fused-ring (bicyclic) bond motifs is 1. The van der Waals surface area contributed by atoms with E-state index in [0.29, 0.717) is 19.4 Å². The fraction of sp³-hybridized carbons (Fsp3) is 0.462. The van der Waals surface area contributed by atoms with Crippen molar-refractivity contribution < 1.29 is 19.0 Å². The number of hydrogen-bond acceptors (Lipinski definition) is 4. The van der Waals surface area contributed by atoms with Gasteiger partial charge in [-0.05, 0) is 24.5 Å². The summed E-state index contributed by atoms with van der Waals surface area (Å²) in [6, 6.07) is 3.85. The van der Waals surface area contributed by atoms with Crippen LogP contribution in [0.3, 0.4) is 0 Å². The van der Waals surface area contributed by atoms with Crippen molar-refractivity contribution in [3.8, 4) is 17.2 Å². The van der Waals surface area contributed by atoms with Crippen LogP contribution in [0.2, 0.25) is 0 Å². The van der Waals surface area contributed by atoms with Crippen molar-refractivity contribution in [3.63, 3.8) is 0 Å². The third-order valence-corrected chi connectivity index (χ3v) is 2.60. The van der Waals surface area contributed by atoms with E-state index < -0.39 is 0 Å². The molecule has 0 bridgehead atoms. The van der Waals surface area contributed by atoms with Crippen LogP contribution in [-0.2, 0) is 16.0 Å². The minimum absolute atomic E-state index is 0.211. The molecular weight excluding hydrogens is 220 g/mol. The molecule has 1 aromatic carbocycles. The van der Waals surface area contributed by atoms with Gasteiger partial charge in [0.25, 0.3) is 0 Å². The Morgan fingerprint density at radius 2 is 2.24 bits per heavy atom. The molecule has 0 aliphatic carbocycles. The summed E-state index contributed by atoms with van der Waals surface area (Å²) < 4.78 is 15.6. The highest BCUT2D eigenvalue weighted by Crippen LogP contribution is 2.54. The Hall–Kier alpha value is -1.71. The molecular formula is C13H16O4. The maximum Gasteiger partial charge on any atom is 0.305 e. The van der Waals surface area contributed by atoms with Crippen LogP contribution in [0.15, 0.2) is 12.1 Å². The lowest BCUT2D eigenvalue weighted by Crippen LogP contribution is -2.03. The minimum Gasteiger partial charge on any atom is -0.489 e. The summed E-state index contributed by atoms with van der Waals surface area (Å²) in [5.41, 5.74) is 1.00. The smallest absolute Gasteiger partial charge is 0.305 e. The lowest BCUT2D eigenvalue weighted by atomic mass is 10.1. The molecule has 0 saturated heterocycles.